The molecule has 88 valence electrons. The maximum atomic E-state index is 4.17. The van der Waals surface area contributed by atoms with Crippen molar-refractivity contribution < 1.29 is 0 Å². The van der Waals surface area contributed by atoms with Gasteiger partial charge in [-0.15, -0.1) is 0 Å². The van der Waals surface area contributed by atoms with Gasteiger partial charge in [0.05, 0.1) is 4.47 Å². The molecule has 0 atom stereocenters. The fraction of sp³-hybridized carbons (Fsp3) is 0.167. The first-order valence-electron chi connectivity index (χ1n) is 5.07. The summed E-state index contributed by atoms with van der Waals surface area (Å²) in [7, 11) is 0. The molecule has 0 amide bonds. The van der Waals surface area contributed by atoms with Crippen LogP contribution in [0.25, 0.3) is 0 Å². The van der Waals surface area contributed by atoms with Crippen molar-refractivity contribution in [2.45, 2.75) is 13.8 Å². The third-order valence-electron chi connectivity index (χ3n) is 2.37. The highest BCUT2D eigenvalue weighted by atomic mass is 79.9. The first-order valence-corrected chi connectivity index (χ1v) is 6.66. The van der Waals surface area contributed by atoms with Crippen LogP contribution in [-0.4, -0.2) is 9.97 Å². The fourth-order valence-corrected chi connectivity index (χ4v) is 2.11. The Labute approximate surface area is 117 Å². The summed E-state index contributed by atoms with van der Waals surface area (Å²) in [6, 6.07) is 4.15. The average molecular weight is 357 g/mol. The van der Waals surface area contributed by atoms with E-state index in [1.807, 2.05) is 0 Å². The van der Waals surface area contributed by atoms with Gasteiger partial charge in [0, 0.05) is 16.4 Å². The highest BCUT2D eigenvalue weighted by Gasteiger charge is 2.05. The normalized spacial score (nSPS) is 10.4. The number of hydrogen-bond acceptors (Lipinski definition) is 3. The maximum absolute atomic E-state index is 4.17. The van der Waals surface area contributed by atoms with Crippen molar-refractivity contribution in [3.63, 3.8) is 0 Å². The zero-order valence-corrected chi connectivity index (χ0v) is 12.6. The molecule has 0 unspecified atom stereocenters. The van der Waals surface area contributed by atoms with E-state index in [0.29, 0.717) is 0 Å². The van der Waals surface area contributed by atoms with E-state index in [0.717, 1.165) is 20.5 Å². The molecule has 0 spiro atoms. The summed E-state index contributed by atoms with van der Waals surface area (Å²) < 4.78 is 1.99. The summed E-state index contributed by atoms with van der Waals surface area (Å²) in [5.41, 5.74) is 3.40. The van der Waals surface area contributed by atoms with Crippen LogP contribution in [-0.2, 0) is 0 Å². The summed E-state index contributed by atoms with van der Waals surface area (Å²) in [5, 5.41) is 3.26. The lowest BCUT2D eigenvalue weighted by molar-refractivity contribution is 1.15. The Morgan fingerprint density at radius 1 is 1.12 bits per heavy atom. The van der Waals surface area contributed by atoms with E-state index in [1.54, 1.807) is 6.20 Å². The first-order chi connectivity index (χ1) is 8.08. The van der Waals surface area contributed by atoms with Gasteiger partial charge in [0.25, 0.3) is 0 Å². The highest BCUT2D eigenvalue weighted by Crippen LogP contribution is 2.28. The number of hydrogen-bond donors (Lipinski definition) is 1. The quantitative estimate of drug-likeness (QED) is 0.868. The van der Waals surface area contributed by atoms with Gasteiger partial charge in [-0.25, -0.2) is 9.97 Å². The molecule has 0 bridgehead atoms. The van der Waals surface area contributed by atoms with Crippen LogP contribution in [0.4, 0.5) is 11.5 Å². The highest BCUT2D eigenvalue weighted by molar-refractivity contribution is 9.11. The van der Waals surface area contributed by atoms with Gasteiger partial charge in [0.15, 0.2) is 0 Å². The molecule has 0 aliphatic rings. The molecule has 17 heavy (non-hydrogen) atoms. The number of anilines is 2. The van der Waals surface area contributed by atoms with Crippen LogP contribution in [0.3, 0.4) is 0 Å². The second-order valence-corrected chi connectivity index (χ2v) is 5.42. The molecule has 0 aliphatic heterocycles. The molecular formula is C12H11Br2N3. The van der Waals surface area contributed by atoms with Crippen LogP contribution >= 0.6 is 31.9 Å². The zero-order chi connectivity index (χ0) is 12.4. The SMILES string of the molecule is Cc1cc(Nc2ncncc2Br)cc(C)c1Br. The van der Waals surface area contributed by atoms with Crippen molar-refractivity contribution in [3.05, 3.63) is 44.7 Å². The molecule has 0 radical (unpaired) electrons. The summed E-state index contributed by atoms with van der Waals surface area (Å²) >= 11 is 6.96. The van der Waals surface area contributed by atoms with E-state index in [9.17, 15) is 0 Å². The van der Waals surface area contributed by atoms with Gasteiger partial charge >= 0.3 is 0 Å². The monoisotopic (exact) mass is 355 g/mol. The summed E-state index contributed by atoms with van der Waals surface area (Å²) in [6.07, 6.45) is 3.24. The van der Waals surface area contributed by atoms with Crippen LogP contribution in [0.2, 0.25) is 0 Å². The summed E-state index contributed by atoms with van der Waals surface area (Å²) in [6.45, 7) is 4.13. The maximum Gasteiger partial charge on any atom is 0.148 e. The Bertz CT molecular complexity index is 532. The van der Waals surface area contributed by atoms with Gasteiger partial charge in [-0.3, -0.25) is 0 Å². The van der Waals surface area contributed by atoms with E-state index >= 15 is 0 Å². The molecule has 1 aromatic carbocycles. The molecule has 0 aliphatic carbocycles. The Morgan fingerprint density at radius 3 is 2.35 bits per heavy atom. The number of nitrogens with one attached hydrogen (secondary N) is 1. The second-order valence-electron chi connectivity index (χ2n) is 3.77. The molecule has 1 heterocycles. The van der Waals surface area contributed by atoms with Crippen LogP contribution < -0.4 is 5.32 Å². The van der Waals surface area contributed by atoms with Gasteiger partial charge in [-0.2, -0.15) is 0 Å². The number of aryl methyl sites for hydroxylation is 2. The summed E-state index contributed by atoms with van der Waals surface area (Å²) in [4.78, 5) is 8.10. The molecule has 5 heteroatoms. The Morgan fingerprint density at radius 2 is 1.76 bits per heavy atom. The molecule has 1 N–H and O–H groups in total. The third kappa shape index (κ3) is 2.84. The molecule has 0 saturated heterocycles. The van der Waals surface area contributed by atoms with Gasteiger partial charge in [-0.1, -0.05) is 15.9 Å². The molecule has 0 fully saturated rings. The van der Waals surface area contributed by atoms with Crippen molar-refractivity contribution in [3.8, 4) is 0 Å². The largest absolute Gasteiger partial charge is 0.339 e. The lowest BCUT2D eigenvalue weighted by Crippen LogP contribution is -1.96. The molecular weight excluding hydrogens is 346 g/mol. The standard InChI is InChI=1S/C12H11Br2N3/c1-7-3-9(4-8(2)11(7)14)17-12-10(13)5-15-6-16-12/h3-6H,1-2H3,(H,15,16,17). The van der Waals surface area contributed by atoms with E-state index in [2.05, 4.69) is 73.1 Å². The second kappa shape index (κ2) is 5.14. The topological polar surface area (TPSA) is 37.8 Å². The third-order valence-corrected chi connectivity index (χ3v) is 4.20. The molecule has 2 aromatic rings. The number of halogens is 2. The van der Waals surface area contributed by atoms with Gasteiger partial charge in [0.2, 0.25) is 0 Å². The fourth-order valence-electron chi connectivity index (χ4n) is 1.56. The van der Waals surface area contributed by atoms with E-state index < -0.39 is 0 Å². The first kappa shape index (κ1) is 12.5. The Kier molecular flexibility index (Phi) is 3.79. The molecule has 3 nitrogen and oxygen atoms in total. The average Bonchev–Trinajstić information content (AvgIpc) is 2.29. The minimum Gasteiger partial charge on any atom is -0.339 e. The zero-order valence-electron chi connectivity index (χ0n) is 9.46. The van der Waals surface area contributed by atoms with Crippen molar-refractivity contribution in [1.82, 2.24) is 9.97 Å². The van der Waals surface area contributed by atoms with Gasteiger partial charge < -0.3 is 5.32 Å². The lowest BCUT2D eigenvalue weighted by Gasteiger charge is -2.10. The minimum absolute atomic E-state index is 0.765. The lowest BCUT2D eigenvalue weighted by atomic mass is 10.1. The molecule has 1 aromatic heterocycles. The smallest absolute Gasteiger partial charge is 0.148 e. The number of aromatic nitrogens is 2. The van der Waals surface area contributed by atoms with E-state index in [4.69, 9.17) is 0 Å². The van der Waals surface area contributed by atoms with E-state index in [1.165, 1.54) is 17.5 Å². The van der Waals surface area contributed by atoms with Gasteiger partial charge in [-0.05, 0) is 53.0 Å². The van der Waals surface area contributed by atoms with Crippen molar-refractivity contribution in [2.75, 3.05) is 5.32 Å². The Balaban J connectivity index is 2.34. The van der Waals surface area contributed by atoms with Crippen LogP contribution in [0, 0.1) is 13.8 Å². The Hall–Kier alpha value is -0.940. The molecule has 0 saturated carbocycles. The predicted molar refractivity (Wildman–Crippen MR) is 76.6 cm³/mol. The van der Waals surface area contributed by atoms with E-state index in [-0.39, 0.29) is 0 Å². The number of benzene rings is 1. The van der Waals surface area contributed by atoms with Gasteiger partial charge in [0.1, 0.15) is 12.1 Å². The number of rotatable bonds is 2. The molecule has 2 rings (SSSR count). The van der Waals surface area contributed by atoms with Crippen molar-refractivity contribution >= 4 is 43.4 Å². The minimum atomic E-state index is 0.765. The van der Waals surface area contributed by atoms with Crippen LogP contribution in [0.5, 0.6) is 0 Å². The number of nitrogens with zero attached hydrogens (tertiary/aromatic N) is 2. The summed E-state index contributed by atoms with van der Waals surface area (Å²) in [5.74, 6) is 0.765. The van der Waals surface area contributed by atoms with Crippen LogP contribution in [0.1, 0.15) is 11.1 Å². The van der Waals surface area contributed by atoms with Crippen molar-refractivity contribution in [2.24, 2.45) is 0 Å². The van der Waals surface area contributed by atoms with Crippen molar-refractivity contribution in [1.29, 1.82) is 0 Å². The predicted octanol–water partition coefficient (Wildman–Crippen LogP) is 4.36. The van der Waals surface area contributed by atoms with Crippen LogP contribution in [0.15, 0.2) is 33.6 Å².